The van der Waals surface area contributed by atoms with Gasteiger partial charge in [-0.2, -0.15) is 0 Å². The Labute approximate surface area is 64.9 Å². The molecule has 55 valence electrons. The van der Waals surface area contributed by atoms with Gasteiger partial charge in [-0.15, -0.1) is 4.99 Å². The lowest BCUT2D eigenvalue weighted by molar-refractivity contribution is 0.939. The Balaban J connectivity index is 2.42. The van der Waals surface area contributed by atoms with Crippen LogP contribution in [0.1, 0.15) is 5.56 Å². The number of benzene rings is 1. The number of hydrogen-bond acceptors (Lipinski definition) is 3. The number of nitrogens with one attached hydrogen (secondary N) is 1. The summed E-state index contributed by atoms with van der Waals surface area (Å²) in [7, 11) is 0. The SMILES string of the molecule is NC1=[N+]Cc2ccccc2N1. The van der Waals surface area contributed by atoms with Crippen LogP contribution < -0.4 is 16.0 Å². The van der Waals surface area contributed by atoms with Gasteiger partial charge in [-0.1, -0.05) is 18.2 Å². The van der Waals surface area contributed by atoms with Crippen LogP contribution >= 0.6 is 0 Å². The molecule has 0 aromatic heterocycles. The van der Waals surface area contributed by atoms with E-state index >= 15 is 0 Å². The highest BCUT2D eigenvalue weighted by Crippen LogP contribution is 2.15. The first-order chi connectivity index (χ1) is 5.36. The highest BCUT2D eigenvalue weighted by molar-refractivity contribution is 5.93. The van der Waals surface area contributed by atoms with Crippen molar-refractivity contribution in [3.63, 3.8) is 0 Å². The third kappa shape index (κ3) is 1.05. The molecule has 1 aromatic carbocycles. The second-order valence-corrected chi connectivity index (χ2v) is 2.48. The summed E-state index contributed by atoms with van der Waals surface area (Å²) in [5, 5.41) is 2.99. The summed E-state index contributed by atoms with van der Waals surface area (Å²) in [4.78, 5) is 4.05. The van der Waals surface area contributed by atoms with Crippen molar-refractivity contribution < 1.29 is 0 Å². The van der Waals surface area contributed by atoms with E-state index in [1.165, 1.54) is 5.56 Å². The van der Waals surface area contributed by atoms with Crippen LogP contribution in [-0.4, -0.2) is 5.96 Å². The zero-order valence-corrected chi connectivity index (χ0v) is 6.04. The van der Waals surface area contributed by atoms with Gasteiger partial charge < -0.3 is 0 Å². The van der Waals surface area contributed by atoms with E-state index < -0.39 is 0 Å². The smallest absolute Gasteiger partial charge is 0.288 e. The van der Waals surface area contributed by atoms with Crippen LogP contribution in [0.3, 0.4) is 0 Å². The summed E-state index contributed by atoms with van der Waals surface area (Å²) in [5.74, 6) is 0.503. The number of nitrogens with two attached hydrogens (primary N) is 1. The van der Waals surface area contributed by atoms with Crippen LogP contribution in [0.4, 0.5) is 5.69 Å². The van der Waals surface area contributed by atoms with Crippen molar-refractivity contribution in [2.24, 2.45) is 5.73 Å². The Morgan fingerprint density at radius 1 is 1.36 bits per heavy atom. The third-order valence-electron chi connectivity index (χ3n) is 1.70. The summed E-state index contributed by atoms with van der Waals surface area (Å²) >= 11 is 0. The number of para-hydroxylation sites is 1. The molecule has 1 heterocycles. The predicted octanol–water partition coefficient (Wildman–Crippen LogP) is 0.263. The molecule has 1 aliphatic rings. The van der Waals surface area contributed by atoms with E-state index in [0.717, 1.165) is 5.69 Å². The molecule has 0 fully saturated rings. The maximum Gasteiger partial charge on any atom is 0.382 e. The molecule has 0 saturated carbocycles. The quantitative estimate of drug-likeness (QED) is 0.553. The molecule has 3 N–H and O–H groups in total. The van der Waals surface area contributed by atoms with Crippen LogP contribution in [-0.2, 0) is 6.54 Å². The lowest BCUT2D eigenvalue weighted by Gasteiger charge is -2.06. The normalized spacial score (nSPS) is 14.7. The van der Waals surface area contributed by atoms with E-state index in [4.69, 9.17) is 5.73 Å². The molecule has 1 aromatic rings. The molecule has 1 radical (unpaired) electrons. The van der Waals surface area contributed by atoms with E-state index in [0.29, 0.717) is 12.5 Å². The monoisotopic (exact) mass is 147 g/mol. The highest BCUT2D eigenvalue weighted by Gasteiger charge is 2.13. The van der Waals surface area contributed by atoms with Crippen molar-refractivity contribution in [2.45, 2.75) is 6.54 Å². The Morgan fingerprint density at radius 2 is 2.18 bits per heavy atom. The van der Waals surface area contributed by atoms with Crippen LogP contribution in [0, 0.1) is 0 Å². The maximum absolute atomic E-state index is 5.49. The molecule has 0 saturated heterocycles. The van der Waals surface area contributed by atoms with Crippen molar-refractivity contribution in [3.05, 3.63) is 29.8 Å². The summed E-state index contributed by atoms with van der Waals surface area (Å²) < 4.78 is 0. The van der Waals surface area contributed by atoms with Gasteiger partial charge in [-0.3, -0.25) is 5.73 Å². The highest BCUT2D eigenvalue weighted by atomic mass is 15.1. The standard InChI is InChI=1S/C8H9N3/c9-8-10-5-6-3-1-2-4-7(6)11-8/h1-4,11H,5,9H2/q+1. The van der Waals surface area contributed by atoms with E-state index in [1.54, 1.807) is 0 Å². The first-order valence-corrected chi connectivity index (χ1v) is 3.51. The van der Waals surface area contributed by atoms with Gasteiger partial charge in [0.25, 0.3) is 0 Å². The topological polar surface area (TPSA) is 52.2 Å². The van der Waals surface area contributed by atoms with Gasteiger partial charge in [0.05, 0.1) is 0 Å². The molecule has 0 aliphatic carbocycles. The summed E-state index contributed by atoms with van der Waals surface area (Å²) in [6.45, 7) is 0.689. The maximum atomic E-state index is 5.49. The largest absolute Gasteiger partial charge is 0.382 e. The molecule has 2 rings (SSSR count). The zero-order valence-electron chi connectivity index (χ0n) is 6.04. The lowest BCUT2D eigenvalue weighted by atomic mass is 10.1. The van der Waals surface area contributed by atoms with Crippen molar-refractivity contribution in [1.29, 1.82) is 0 Å². The molecule has 0 amide bonds. The Bertz CT molecular complexity index is 304. The van der Waals surface area contributed by atoms with Crippen LogP contribution in [0.15, 0.2) is 24.3 Å². The van der Waals surface area contributed by atoms with E-state index in [1.807, 2.05) is 24.3 Å². The minimum absolute atomic E-state index is 0.503. The average Bonchev–Trinajstić information content (AvgIpc) is 2.04. The third-order valence-corrected chi connectivity index (χ3v) is 1.70. The fraction of sp³-hybridized carbons (Fsp3) is 0.125. The van der Waals surface area contributed by atoms with Gasteiger partial charge in [0.1, 0.15) is 12.2 Å². The molecule has 11 heavy (non-hydrogen) atoms. The second-order valence-electron chi connectivity index (χ2n) is 2.48. The molecular formula is C8H9N3+. The zero-order chi connectivity index (χ0) is 7.68. The Morgan fingerprint density at radius 3 is 3.09 bits per heavy atom. The minimum Gasteiger partial charge on any atom is -0.288 e. The number of anilines is 1. The van der Waals surface area contributed by atoms with Gasteiger partial charge in [-0.25, -0.2) is 5.32 Å². The fourth-order valence-corrected chi connectivity index (χ4v) is 1.13. The predicted molar refractivity (Wildman–Crippen MR) is 45.1 cm³/mol. The molecular weight excluding hydrogens is 138 g/mol. The molecule has 0 unspecified atom stereocenters. The van der Waals surface area contributed by atoms with Crippen molar-refractivity contribution in [1.82, 2.24) is 4.99 Å². The number of guanidine groups is 1. The molecule has 0 bridgehead atoms. The molecule has 0 spiro atoms. The van der Waals surface area contributed by atoms with Gasteiger partial charge in [-0.05, 0) is 6.07 Å². The number of rotatable bonds is 0. The Hall–Kier alpha value is -1.51. The van der Waals surface area contributed by atoms with Crippen molar-refractivity contribution in [2.75, 3.05) is 5.32 Å². The molecule has 3 heteroatoms. The van der Waals surface area contributed by atoms with Crippen molar-refractivity contribution >= 4 is 11.6 Å². The van der Waals surface area contributed by atoms with E-state index in [2.05, 4.69) is 10.3 Å². The van der Waals surface area contributed by atoms with Gasteiger partial charge >= 0.3 is 5.96 Å². The van der Waals surface area contributed by atoms with Crippen LogP contribution in [0.5, 0.6) is 0 Å². The number of aliphatic imine (C=N–C) groups is 1. The number of fused-ring (bicyclic) bond motifs is 1. The fourth-order valence-electron chi connectivity index (χ4n) is 1.13. The van der Waals surface area contributed by atoms with Gasteiger partial charge in [0.2, 0.25) is 0 Å². The van der Waals surface area contributed by atoms with Gasteiger partial charge in [0, 0.05) is 5.56 Å². The molecule has 1 aliphatic heterocycles. The molecule has 0 atom stereocenters. The van der Waals surface area contributed by atoms with Crippen molar-refractivity contribution in [3.8, 4) is 0 Å². The number of hydrogen-bond donors (Lipinski definition) is 2. The second kappa shape index (κ2) is 2.27. The lowest BCUT2D eigenvalue weighted by Crippen LogP contribution is -2.31. The first-order valence-electron chi connectivity index (χ1n) is 3.51. The first kappa shape index (κ1) is 6.22. The summed E-state index contributed by atoms with van der Waals surface area (Å²) in [5.41, 5.74) is 7.75. The van der Waals surface area contributed by atoms with Crippen LogP contribution in [0.25, 0.3) is 0 Å². The minimum atomic E-state index is 0.503. The number of nitrogens with zero attached hydrogens (tertiary/aromatic N) is 1. The van der Waals surface area contributed by atoms with E-state index in [9.17, 15) is 0 Å². The molecule has 3 nitrogen and oxygen atoms in total. The summed E-state index contributed by atoms with van der Waals surface area (Å²) in [6.07, 6.45) is 0. The van der Waals surface area contributed by atoms with E-state index in [-0.39, 0.29) is 0 Å². The summed E-state index contributed by atoms with van der Waals surface area (Å²) in [6, 6.07) is 8.01. The van der Waals surface area contributed by atoms with Gasteiger partial charge in [0.15, 0.2) is 0 Å². The Kier molecular flexibility index (Phi) is 1.28. The van der Waals surface area contributed by atoms with Crippen LogP contribution in [0.2, 0.25) is 0 Å². The average molecular weight is 147 g/mol.